The van der Waals surface area contributed by atoms with E-state index >= 15 is 0 Å². The molecule has 59 heavy (non-hydrogen) atoms. The molecule has 10 aromatic rings. The summed E-state index contributed by atoms with van der Waals surface area (Å²) in [5, 5.41) is 16.6. The van der Waals surface area contributed by atoms with Gasteiger partial charge in [0.15, 0.2) is 0 Å². The zero-order valence-electron chi connectivity index (χ0n) is 35.2. The summed E-state index contributed by atoms with van der Waals surface area (Å²) in [6.45, 7) is 18.8. The predicted octanol–water partition coefficient (Wildman–Crippen LogP) is 16.8. The normalized spacial score (nSPS) is 14.6. The maximum atomic E-state index is 2.50. The Balaban J connectivity index is 0.939. The highest BCUT2D eigenvalue weighted by molar-refractivity contribution is 6.35. The van der Waals surface area contributed by atoms with E-state index < -0.39 is 0 Å². The van der Waals surface area contributed by atoms with Gasteiger partial charge in [0.1, 0.15) is 0 Å². The van der Waals surface area contributed by atoms with Gasteiger partial charge in [0.25, 0.3) is 0 Å². The molecule has 0 N–H and O–H groups in total. The van der Waals surface area contributed by atoms with E-state index in [0.29, 0.717) is 0 Å². The summed E-state index contributed by atoms with van der Waals surface area (Å²) in [6.07, 6.45) is 0. The van der Waals surface area contributed by atoms with Crippen LogP contribution >= 0.6 is 0 Å². The minimum absolute atomic E-state index is 0.0762. The highest BCUT2D eigenvalue weighted by Crippen LogP contribution is 2.55. The first kappa shape index (κ1) is 33.7. The summed E-state index contributed by atoms with van der Waals surface area (Å²) in [5.41, 5.74) is 19.1. The van der Waals surface area contributed by atoms with Gasteiger partial charge in [0.2, 0.25) is 0 Å². The molecule has 0 unspecified atom stereocenters. The Morgan fingerprint density at radius 1 is 0.322 bits per heavy atom. The van der Waals surface area contributed by atoms with Crippen LogP contribution in [0.3, 0.4) is 0 Å². The second kappa shape index (κ2) is 10.7. The largest absolute Gasteiger partial charge is 0.0572 e. The van der Waals surface area contributed by atoms with Crippen LogP contribution in [0.4, 0.5) is 0 Å². The van der Waals surface area contributed by atoms with Crippen molar-refractivity contribution in [2.75, 3.05) is 0 Å². The lowest BCUT2D eigenvalue weighted by atomic mass is 9.80. The summed E-state index contributed by atoms with van der Waals surface area (Å²) in [6, 6.07) is 52.6. The Hall–Kier alpha value is -6.24. The van der Waals surface area contributed by atoms with Gasteiger partial charge in [-0.15, -0.1) is 0 Å². The van der Waals surface area contributed by atoms with Crippen LogP contribution in [0, 0.1) is 0 Å². The van der Waals surface area contributed by atoms with Crippen LogP contribution < -0.4 is 0 Å². The van der Waals surface area contributed by atoms with Gasteiger partial charge in [-0.3, -0.25) is 0 Å². The minimum atomic E-state index is -0.152. The average molecular weight is 755 g/mol. The summed E-state index contributed by atoms with van der Waals surface area (Å²) >= 11 is 0. The molecule has 3 aliphatic carbocycles. The maximum Gasteiger partial charge on any atom is 0.0159 e. The smallest absolute Gasteiger partial charge is 0.0159 e. The van der Waals surface area contributed by atoms with Gasteiger partial charge in [-0.1, -0.05) is 171 Å². The molecule has 0 heteroatoms. The molecule has 0 fully saturated rings. The van der Waals surface area contributed by atoms with Crippen molar-refractivity contribution >= 4 is 64.6 Å². The first-order chi connectivity index (χ1) is 28.3. The van der Waals surface area contributed by atoms with Gasteiger partial charge in [0, 0.05) is 5.41 Å². The second-order valence-electron chi connectivity index (χ2n) is 20.5. The van der Waals surface area contributed by atoms with Crippen molar-refractivity contribution in [1.29, 1.82) is 0 Å². The van der Waals surface area contributed by atoms with E-state index in [9.17, 15) is 0 Å². The fraction of sp³-hybridized carbons (Fsp3) is 0.186. The van der Waals surface area contributed by atoms with E-state index in [1.807, 2.05) is 0 Å². The molecular weight excluding hydrogens is 709 g/mol. The Morgan fingerprint density at radius 3 is 1.32 bits per heavy atom. The molecule has 10 aromatic carbocycles. The van der Waals surface area contributed by atoms with Gasteiger partial charge in [-0.05, 0) is 172 Å². The van der Waals surface area contributed by atoms with Crippen LogP contribution in [0.15, 0.2) is 133 Å². The van der Waals surface area contributed by atoms with Crippen LogP contribution in [0.5, 0.6) is 0 Å². The topological polar surface area (TPSA) is 0 Å². The van der Waals surface area contributed by atoms with Gasteiger partial charge >= 0.3 is 0 Å². The molecule has 0 aliphatic heterocycles. The molecule has 0 nitrogen and oxygen atoms in total. The molecular formula is C59H46. The average Bonchev–Trinajstić information content (AvgIpc) is 3.82. The van der Waals surface area contributed by atoms with Crippen molar-refractivity contribution in [3.05, 3.63) is 156 Å². The number of fused-ring (bicyclic) bond motifs is 5. The van der Waals surface area contributed by atoms with Gasteiger partial charge in [0.05, 0.1) is 0 Å². The fourth-order valence-corrected chi connectivity index (χ4v) is 11.8. The van der Waals surface area contributed by atoms with Crippen LogP contribution in [0.1, 0.15) is 77.6 Å². The monoisotopic (exact) mass is 754 g/mol. The first-order valence-corrected chi connectivity index (χ1v) is 21.5. The van der Waals surface area contributed by atoms with Crippen LogP contribution in [0.25, 0.3) is 120 Å². The molecule has 0 bridgehead atoms. The summed E-state index contributed by atoms with van der Waals surface area (Å²) in [5.74, 6) is 0. The molecule has 0 amide bonds. The molecule has 0 heterocycles. The van der Waals surface area contributed by atoms with Crippen LogP contribution in [-0.4, -0.2) is 0 Å². The SMILES string of the molecule is CC(C)(C)c1cc2c3c(ccc4ccc5c(-c6ccc7c(c6)C(C)(C)c6cc(-c8ccc9c%10c8ccc8ccc%11c(C(C)(C)C)ccc-9c%11c8%10)ccc6-7)ccc-2c5c43)c1. The van der Waals surface area contributed by atoms with E-state index in [2.05, 4.69) is 189 Å². The lowest BCUT2D eigenvalue weighted by Crippen LogP contribution is -2.15. The third-order valence-corrected chi connectivity index (χ3v) is 14.8. The minimum Gasteiger partial charge on any atom is -0.0572 e. The molecule has 0 atom stereocenters. The zero-order chi connectivity index (χ0) is 40.1. The van der Waals surface area contributed by atoms with E-state index in [4.69, 9.17) is 0 Å². The van der Waals surface area contributed by atoms with Gasteiger partial charge in [-0.25, -0.2) is 0 Å². The standard InChI is InChI=1S/C59H46/c1-57(2,3)36-27-35-10-9-31-11-18-42-38(22-24-45-47(30-36)51(35)52(31)55(42)45)34-15-17-40-39-16-14-33(28-49(39)59(7,8)50(40)29-34)37-21-23-43-44-25-26-48(58(4,5)6)46-20-13-32-12-19-41(37)54(43)53(32)56(44)46/h9-30H,1-8H3. The lowest BCUT2D eigenvalue weighted by Gasteiger charge is -2.23. The van der Waals surface area contributed by atoms with E-state index in [-0.39, 0.29) is 16.2 Å². The number of rotatable bonds is 2. The third kappa shape index (κ3) is 4.20. The summed E-state index contributed by atoms with van der Waals surface area (Å²) < 4.78 is 0. The summed E-state index contributed by atoms with van der Waals surface area (Å²) in [4.78, 5) is 0. The van der Waals surface area contributed by atoms with Crippen LogP contribution in [0.2, 0.25) is 0 Å². The molecule has 3 aliphatic rings. The van der Waals surface area contributed by atoms with Crippen molar-refractivity contribution in [2.24, 2.45) is 0 Å². The molecule has 282 valence electrons. The molecule has 0 saturated carbocycles. The fourth-order valence-electron chi connectivity index (χ4n) is 11.8. The van der Waals surface area contributed by atoms with Crippen molar-refractivity contribution in [3.8, 4) is 55.6 Å². The number of hydrogen-bond acceptors (Lipinski definition) is 0. The molecule has 0 radical (unpaired) electrons. The highest BCUT2D eigenvalue weighted by Gasteiger charge is 2.37. The predicted molar refractivity (Wildman–Crippen MR) is 255 cm³/mol. The van der Waals surface area contributed by atoms with Crippen molar-refractivity contribution in [2.45, 2.75) is 71.6 Å². The van der Waals surface area contributed by atoms with E-state index in [1.165, 1.54) is 143 Å². The number of benzene rings is 10. The molecule has 0 spiro atoms. The van der Waals surface area contributed by atoms with Crippen molar-refractivity contribution in [1.82, 2.24) is 0 Å². The summed E-state index contributed by atoms with van der Waals surface area (Å²) in [7, 11) is 0. The molecule has 13 rings (SSSR count). The Labute approximate surface area is 346 Å². The maximum absolute atomic E-state index is 2.50. The van der Waals surface area contributed by atoms with Gasteiger partial charge < -0.3 is 0 Å². The van der Waals surface area contributed by atoms with Gasteiger partial charge in [-0.2, -0.15) is 0 Å². The van der Waals surface area contributed by atoms with E-state index in [0.717, 1.165) is 0 Å². The highest BCUT2D eigenvalue weighted by atomic mass is 14.4. The molecule has 0 saturated heterocycles. The Kier molecular flexibility index (Phi) is 6.10. The van der Waals surface area contributed by atoms with Crippen molar-refractivity contribution < 1.29 is 0 Å². The van der Waals surface area contributed by atoms with Crippen molar-refractivity contribution in [3.63, 3.8) is 0 Å². The Bertz CT molecular complexity index is 3630. The lowest BCUT2D eigenvalue weighted by molar-refractivity contribution is 0.591. The molecule has 0 aromatic heterocycles. The van der Waals surface area contributed by atoms with Crippen LogP contribution in [-0.2, 0) is 16.2 Å². The number of hydrogen-bond donors (Lipinski definition) is 0. The zero-order valence-corrected chi connectivity index (χ0v) is 35.2. The van der Waals surface area contributed by atoms with E-state index in [1.54, 1.807) is 0 Å². The Morgan fingerprint density at radius 2 is 0.763 bits per heavy atom. The second-order valence-corrected chi connectivity index (χ2v) is 20.5. The third-order valence-electron chi connectivity index (χ3n) is 14.8. The first-order valence-electron chi connectivity index (χ1n) is 21.5. The quantitative estimate of drug-likeness (QED) is 0.154.